The quantitative estimate of drug-likeness (QED) is 0.732. The molecule has 0 aromatic rings. The molecular weight excluding hydrogens is 248 g/mol. The van der Waals surface area contributed by atoms with E-state index in [4.69, 9.17) is 0 Å². The first kappa shape index (κ1) is 12.8. The Morgan fingerprint density at radius 2 is 2.00 bits per heavy atom. The molecule has 0 unspecified atom stereocenters. The van der Waals surface area contributed by atoms with Crippen LogP contribution >= 0.6 is 0 Å². The van der Waals surface area contributed by atoms with Gasteiger partial charge in [0, 0.05) is 6.42 Å². The third kappa shape index (κ3) is 1.64. The first-order chi connectivity index (χ1) is 9.59. The summed E-state index contributed by atoms with van der Waals surface area (Å²) in [7, 11) is 0. The van der Waals surface area contributed by atoms with E-state index < -0.39 is 0 Å². The van der Waals surface area contributed by atoms with Gasteiger partial charge in [-0.1, -0.05) is 12.5 Å². The van der Waals surface area contributed by atoms with Crippen molar-refractivity contribution < 1.29 is 9.90 Å². The van der Waals surface area contributed by atoms with Gasteiger partial charge in [0.25, 0.3) is 0 Å². The molecule has 2 fully saturated rings. The van der Waals surface area contributed by atoms with Gasteiger partial charge in [0.05, 0.1) is 6.10 Å². The number of ketones is 1. The summed E-state index contributed by atoms with van der Waals surface area (Å²) in [5, 5.41) is 10.4. The van der Waals surface area contributed by atoms with Crippen molar-refractivity contribution in [3.8, 4) is 0 Å². The third-order valence-corrected chi connectivity index (χ3v) is 6.68. The lowest BCUT2D eigenvalue weighted by Crippen LogP contribution is -2.42. The first-order valence-corrected chi connectivity index (χ1v) is 8.23. The molecule has 4 aliphatic carbocycles. The molecule has 0 aromatic heterocycles. The molecule has 0 spiro atoms. The van der Waals surface area contributed by atoms with E-state index in [-0.39, 0.29) is 11.5 Å². The molecule has 2 nitrogen and oxygen atoms in total. The van der Waals surface area contributed by atoms with E-state index in [1.54, 1.807) is 5.57 Å². The summed E-state index contributed by atoms with van der Waals surface area (Å²) in [5.41, 5.74) is 4.69. The highest BCUT2D eigenvalue weighted by Crippen LogP contribution is 2.59. The molecule has 0 aromatic carbocycles. The molecule has 4 aliphatic rings. The Bertz CT molecular complexity index is 528. The lowest BCUT2D eigenvalue weighted by Gasteiger charge is -2.48. The number of rotatable bonds is 0. The molecule has 0 heterocycles. The number of carbonyl (C=O) groups excluding carboxylic acids is 1. The van der Waals surface area contributed by atoms with Gasteiger partial charge in [0.2, 0.25) is 0 Å². The van der Waals surface area contributed by atoms with E-state index in [2.05, 4.69) is 6.92 Å². The molecule has 0 saturated heterocycles. The molecule has 1 N–H and O–H groups in total. The maximum Gasteiger partial charge on any atom is 0.156 e. The molecule has 4 rings (SSSR count). The summed E-state index contributed by atoms with van der Waals surface area (Å²) in [6.07, 6.45) is 10.2. The van der Waals surface area contributed by atoms with Crippen LogP contribution in [-0.4, -0.2) is 17.0 Å². The Labute approximate surface area is 120 Å². The molecule has 2 saturated carbocycles. The minimum absolute atomic E-state index is 0.0936. The van der Waals surface area contributed by atoms with Gasteiger partial charge in [0.15, 0.2) is 5.78 Å². The lowest BCUT2D eigenvalue weighted by molar-refractivity contribution is -0.114. The predicted octanol–water partition coefficient (Wildman–Crippen LogP) is 3.55. The number of allylic oxidation sites excluding steroid dienone is 4. The van der Waals surface area contributed by atoms with E-state index in [0.29, 0.717) is 24.0 Å². The second-order valence-corrected chi connectivity index (χ2v) is 7.49. The topological polar surface area (TPSA) is 37.3 Å². The Morgan fingerprint density at radius 1 is 1.15 bits per heavy atom. The third-order valence-electron chi connectivity index (χ3n) is 6.68. The highest BCUT2D eigenvalue weighted by atomic mass is 16.3. The molecule has 0 aliphatic heterocycles. The van der Waals surface area contributed by atoms with E-state index >= 15 is 0 Å². The smallest absolute Gasteiger partial charge is 0.156 e. The fourth-order valence-corrected chi connectivity index (χ4v) is 5.50. The van der Waals surface area contributed by atoms with Gasteiger partial charge in [-0.15, -0.1) is 0 Å². The summed E-state index contributed by atoms with van der Waals surface area (Å²) in [5.74, 6) is 1.68. The molecule has 20 heavy (non-hydrogen) atoms. The van der Waals surface area contributed by atoms with Gasteiger partial charge >= 0.3 is 0 Å². The summed E-state index contributed by atoms with van der Waals surface area (Å²) < 4.78 is 0. The van der Waals surface area contributed by atoms with Gasteiger partial charge in [-0.05, 0) is 79.4 Å². The predicted molar refractivity (Wildman–Crippen MR) is 78.1 cm³/mol. The van der Waals surface area contributed by atoms with Crippen LogP contribution in [0.1, 0.15) is 58.3 Å². The van der Waals surface area contributed by atoms with Gasteiger partial charge in [-0.2, -0.15) is 0 Å². The van der Waals surface area contributed by atoms with Crippen molar-refractivity contribution in [2.45, 2.75) is 64.4 Å². The molecule has 0 radical (unpaired) electrons. The minimum atomic E-state index is -0.0936. The fourth-order valence-electron chi connectivity index (χ4n) is 5.50. The van der Waals surface area contributed by atoms with Crippen LogP contribution in [0.3, 0.4) is 0 Å². The van der Waals surface area contributed by atoms with Crippen molar-refractivity contribution in [1.82, 2.24) is 0 Å². The van der Waals surface area contributed by atoms with Crippen LogP contribution in [0.4, 0.5) is 0 Å². The van der Waals surface area contributed by atoms with Gasteiger partial charge in [-0.25, -0.2) is 0 Å². The maximum absolute atomic E-state index is 11.6. The van der Waals surface area contributed by atoms with Crippen molar-refractivity contribution in [2.24, 2.45) is 17.3 Å². The number of hydrogen-bond donors (Lipinski definition) is 1. The zero-order chi connectivity index (χ0) is 13.9. The van der Waals surface area contributed by atoms with E-state index in [0.717, 1.165) is 32.1 Å². The van der Waals surface area contributed by atoms with Crippen molar-refractivity contribution in [3.63, 3.8) is 0 Å². The monoisotopic (exact) mass is 272 g/mol. The zero-order valence-electron chi connectivity index (χ0n) is 12.3. The summed E-state index contributed by atoms with van der Waals surface area (Å²) >= 11 is 0. The lowest BCUT2D eigenvalue weighted by atomic mass is 9.57. The number of carbonyl (C=O) groups is 1. The standard InChI is InChI=1S/C18H24O2/c1-18-9-8-14-13-5-3-12(19)10-11(13)2-4-15(14)16(18)6-7-17(18)20/h10,15-17,20H,2-9H2,1H3/t15-,16-,17-,18+/m1/s1. The molecular formula is C18H24O2. The van der Waals surface area contributed by atoms with Crippen LogP contribution in [-0.2, 0) is 4.79 Å². The second kappa shape index (κ2) is 4.30. The van der Waals surface area contributed by atoms with Crippen LogP contribution in [0.15, 0.2) is 22.8 Å². The van der Waals surface area contributed by atoms with Crippen LogP contribution < -0.4 is 0 Å². The van der Waals surface area contributed by atoms with Crippen molar-refractivity contribution in [1.29, 1.82) is 0 Å². The Morgan fingerprint density at radius 3 is 2.85 bits per heavy atom. The summed E-state index contributed by atoms with van der Waals surface area (Å²) in [6.45, 7) is 2.31. The van der Waals surface area contributed by atoms with E-state index in [9.17, 15) is 9.90 Å². The number of aliphatic hydroxyl groups excluding tert-OH is 1. The van der Waals surface area contributed by atoms with Crippen molar-refractivity contribution in [3.05, 3.63) is 22.8 Å². The SMILES string of the molecule is C[C@]12CCC3=C4CCC(=O)C=C4CC[C@H]3[C@H]1CC[C@H]2O. The molecule has 108 valence electrons. The molecule has 0 bridgehead atoms. The molecule has 2 heteroatoms. The highest BCUT2D eigenvalue weighted by molar-refractivity contribution is 5.93. The van der Waals surface area contributed by atoms with Gasteiger partial charge < -0.3 is 5.11 Å². The average molecular weight is 272 g/mol. The van der Waals surface area contributed by atoms with Crippen molar-refractivity contribution >= 4 is 5.78 Å². The number of hydrogen-bond acceptors (Lipinski definition) is 2. The summed E-state index contributed by atoms with van der Waals surface area (Å²) in [4.78, 5) is 11.6. The van der Waals surface area contributed by atoms with Gasteiger partial charge in [-0.3, -0.25) is 4.79 Å². The second-order valence-electron chi connectivity index (χ2n) is 7.49. The minimum Gasteiger partial charge on any atom is -0.393 e. The fraction of sp³-hybridized carbons (Fsp3) is 0.722. The average Bonchev–Trinajstić information content (AvgIpc) is 2.74. The van der Waals surface area contributed by atoms with Crippen molar-refractivity contribution in [2.75, 3.05) is 0 Å². The summed E-state index contributed by atoms with van der Waals surface area (Å²) in [6, 6.07) is 0. The Balaban J connectivity index is 1.74. The number of aliphatic hydroxyl groups is 1. The number of fused-ring (bicyclic) bond motifs is 4. The van der Waals surface area contributed by atoms with Gasteiger partial charge in [0.1, 0.15) is 0 Å². The highest BCUT2D eigenvalue weighted by Gasteiger charge is 2.53. The van der Waals surface area contributed by atoms with Crippen LogP contribution in [0.25, 0.3) is 0 Å². The Hall–Kier alpha value is -0.890. The van der Waals surface area contributed by atoms with Crippen LogP contribution in [0, 0.1) is 17.3 Å². The van der Waals surface area contributed by atoms with E-state index in [1.165, 1.54) is 24.0 Å². The van der Waals surface area contributed by atoms with Crippen LogP contribution in [0.5, 0.6) is 0 Å². The van der Waals surface area contributed by atoms with E-state index in [1.807, 2.05) is 6.08 Å². The normalized spacial score (nSPS) is 43.8. The zero-order valence-corrected chi connectivity index (χ0v) is 12.3. The molecule has 0 amide bonds. The largest absolute Gasteiger partial charge is 0.393 e. The maximum atomic E-state index is 11.6. The first-order valence-electron chi connectivity index (χ1n) is 8.23. The Kier molecular flexibility index (Phi) is 2.76. The van der Waals surface area contributed by atoms with Crippen LogP contribution in [0.2, 0.25) is 0 Å². The molecule has 4 atom stereocenters.